The Morgan fingerprint density at radius 1 is 1.10 bits per heavy atom. The van der Waals surface area contributed by atoms with Gasteiger partial charge in [0.1, 0.15) is 12.4 Å². The Balaban J connectivity index is 1.61. The molecule has 1 atom stereocenters. The predicted molar refractivity (Wildman–Crippen MR) is 173 cm³/mol. The third kappa shape index (κ3) is 6.48. The number of thiazole rings is 1. The summed E-state index contributed by atoms with van der Waals surface area (Å²) in [5.74, 6) is 0.185. The number of fused-ring (bicyclic) bond motifs is 1. The number of allylic oxidation sites excluding steroid dienone is 1. The van der Waals surface area contributed by atoms with E-state index in [1.165, 1.54) is 16.9 Å². The van der Waals surface area contributed by atoms with Crippen LogP contribution in [0, 0.1) is 6.92 Å². The van der Waals surface area contributed by atoms with Crippen LogP contribution in [-0.4, -0.2) is 22.9 Å². The normalized spacial score (nSPS) is 15.0. The zero-order valence-corrected chi connectivity index (χ0v) is 27.2. The molecule has 5 rings (SSSR count). The Kier molecular flexibility index (Phi) is 9.20. The van der Waals surface area contributed by atoms with Crippen LogP contribution in [-0.2, 0) is 16.1 Å². The minimum Gasteiger partial charge on any atom is -0.488 e. The maximum Gasteiger partial charge on any atom is 0.338 e. The number of carbonyl (C=O) groups is 1. The largest absolute Gasteiger partial charge is 0.488 e. The fourth-order valence-electron chi connectivity index (χ4n) is 4.71. The minimum absolute atomic E-state index is 0.232. The van der Waals surface area contributed by atoms with E-state index in [1.54, 1.807) is 23.3 Å². The maximum absolute atomic E-state index is 14.1. The van der Waals surface area contributed by atoms with Crippen molar-refractivity contribution in [2.75, 3.05) is 6.26 Å². The van der Waals surface area contributed by atoms with Crippen molar-refractivity contribution < 1.29 is 14.3 Å². The number of nitrogens with zero attached hydrogens (tertiary/aromatic N) is 2. The van der Waals surface area contributed by atoms with E-state index in [1.807, 2.05) is 80.8 Å². The molecule has 42 heavy (non-hydrogen) atoms. The lowest BCUT2D eigenvalue weighted by molar-refractivity contribution is -0.143. The van der Waals surface area contributed by atoms with E-state index in [9.17, 15) is 9.59 Å². The van der Waals surface area contributed by atoms with Gasteiger partial charge in [-0.25, -0.2) is 9.79 Å². The van der Waals surface area contributed by atoms with Gasteiger partial charge in [0, 0.05) is 14.9 Å². The number of aromatic nitrogens is 1. The second kappa shape index (κ2) is 12.9. The van der Waals surface area contributed by atoms with Crippen LogP contribution in [0.2, 0.25) is 0 Å². The van der Waals surface area contributed by atoms with Gasteiger partial charge in [-0.1, -0.05) is 69.2 Å². The van der Waals surface area contributed by atoms with E-state index in [0.29, 0.717) is 33.0 Å². The van der Waals surface area contributed by atoms with Gasteiger partial charge in [0.2, 0.25) is 0 Å². The summed E-state index contributed by atoms with van der Waals surface area (Å²) in [5, 5.41) is 0. The fraction of sp³-hybridized carbons (Fsp3) is 0.242. The molecule has 0 N–H and O–H groups in total. The summed E-state index contributed by atoms with van der Waals surface area (Å²) in [6, 6.07) is 21.2. The molecule has 1 aliphatic rings. The van der Waals surface area contributed by atoms with Gasteiger partial charge in [-0.05, 0) is 81.5 Å². The molecule has 4 aromatic rings. The van der Waals surface area contributed by atoms with Crippen LogP contribution in [0.5, 0.6) is 5.75 Å². The monoisotopic (exact) mass is 662 g/mol. The number of esters is 1. The lowest BCUT2D eigenvalue weighted by Crippen LogP contribution is -2.40. The number of aryl methyl sites for hydroxylation is 1. The summed E-state index contributed by atoms with van der Waals surface area (Å²) >= 11 is 6.48. The molecule has 6 nitrogen and oxygen atoms in total. The average Bonchev–Trinajstić information content (AvgIpc) is 3.26. The van der Waals surface area contributed by atoms with Gasteiger partial charge in [0.15, 0.2) is 4.80 Å². The molecule has 2 heterocycles. The van der Waals surface area contributed by atoms with Crippen molar-refractivity contribution in [1.29, 1.82) is 0 Å². The summed E-state index contributed by atoms with van der Waals surface area (Å²) < 4.78 is 14.8. The molecule has 3 aromatic carbocycles. The van der Waals surface area contributed by atoms with Crippen LogP contribution < -0.4 is 19.6 Å². The third-order valence-corrected chi connectivity index (χ3v) is 9.01. The summed E-state index contributed by atoms with van der Waals surface area (Å²) in [5.41, 5.74) is 4.49. The quantitative estimate of drug-likeness (QED) is 0.158. The molecule has 1 aromatic heterocycles. The van der Waals surface area contributed by atoms with Gasteiger partial charge < -0.3 is 9.47 Å². The summed E-state index contributed by atoms with van der Waals surface area (Å²) in [7, 11) is 0. The third-order valence-electron chi connectivity index (χ3n) is 6.79. The van der Waals surface area contributed by atoms with Crippen molar-refractivity contribution in [2.24, 2.45) is 4.99 Å². The molecule has 0 unspecified atom stereocenters. The number of carbonyl (C=O) groups excluding carboxylic acids is 1. The molecule has 0 fully saturated rings. The maximum atomic E-state index is 14.1. The molecule has 0 spiro atoms. The zero-order valence-electron chi connectivity index (χ0n) is 24.0. The molecule has 9 heteroatoms. The number of hydrogen-bond acceptors (Lipinski definition) is 7. The summed E-state index contributed by atoms with van der Waals surface area (Å²) in [4.78, 5) is 33.8. The number of thioether (sulfide) groups is 1. The Hall–Kier alpha value is -3.40. The highest BCUT2D eigenvalue weighted by molar-refractivity contribution is 9.10. The van der Waals surface area contributed by atoms with E-state index < -0.39 is 12.0 Å². The standard InChI is InChI=1S/C33H31BrN2O4S2/c1-19(2)40-32(38)29-21(4)35-33-36(30(29)23-10-13-26(41-5)14-11-23)31(37)28(42-33)17-24-16-25(34)12-15-27(24)39-18-22-8-6-20(3)7-9-22/h6-17,19,30H,18H2,1-5H3/b28-17-/t30-/m1/s1. The smallest absolute Gasteiger partial charge is 0.338 e. The Morgan fingerprint density at radius 2 is 1.81 bits per heavy atom. The Bertz CT molecular complexity index is 1840. The van der Waals surface area contributed by atoms with Crippen LogP contribution in [0.15, 0.2) is 97.2 Å². The molecule has 0 aliphatic carbocycles. The highest BCUT2D eigenvalue weighted by Crippen LogP contribution is 2.32. The summed E-state index contributed by atoms with van der Waals surface area (Å²) in [6.45, 7) is 7.86. The highest BCUT2D eigenvalue weighted by Gasteiger charge is 2.33. The van der Waals surface area contributed by atoms with Gasteiger partial charge in [-0.3, -0.25) is 9.36 Å². The van der Waals surface area contributed by atoms with Gasteiger partial charge in [0.05, 0.1) is 27.9 Å². The van der Waals surface area contributed by atoms with Crippen LogP contribution in [0.4, 0.5) is 0 Å². The molecule has 1 aliphatic heterocycles. The molecule has 0 radical (unpaired) electrons. The first-order valence-electron chi connectivity index (χ1n) is 13.5. The first kappa shape index (κ1) is 30.1. The van der Waals surface area contributed by atoms with Gasteiger partial charge in [-0.15, -0.1) is 11.8 Å². The molecular weight excluding hydrogens is 632 g/mol. The van der Waals surface area contributed by atoms with E-state index >= 15 is 0 Å². The van der Waals surface area contributed by atoms with Crippen molar-refractivity contribution in [3.05, 3.63) is 124 Å². The van der Waals surface area contributed by atoms with Crippen LogP contribution >= 0.6 is 39.0 Å². The zero-order chi connectivity index (χ0) is 30.0. The number of hydrogen-bond donors (Lipinski definition) is 0. The number of rotatable bonds is 8. The second-order valence-corrected chi connectivity index (χ2v) is 13.1. The average molecular weight is 664 g/mol. The SMILES string of the molecule is CSc1ccc([C@@H]2C(C(=O)OC(C)C)=C(C)N=c3s/c(=C\c4cc(Br)ccc4OCc4ccc(C)cc4)c(=O)n32)cc1. The van der Waals surface area contributed by atoms with Crippen molar-refractivity contribution >= 4 is 51.1 Å². The van der Waals surface area contributed by atoms with Crippen LogP contribution in [0.3, 0.4) is 0 Å². The topological polar surface area (TPSA) is 69.9 Å². The first-order chi connectivity index (χ1) is 20.1. The van der Waals surface area contributed by atoms with Gasteiger partial charge in [0.25, 0.3) is 5.56 Å². The first-order valence-corrected chi connectivity index (χ1v) is 16.3. The molecular formula is C33H31BrN2O4S2. The van der Waals surface area contributed by atoms with E-state index in [0.717, 1.165) is 26.1 Å². The lowest BCUT2D eigenvalue weighted by atomic mass is 9.96. The number of halogens is 1. The lowest BCUT2D eigenvalue weighted by Gasteiger charge is -2.25. The number of benzene rings is 3. The van der Waals surface area contributed by atoms with Crippen LogP contribution in [0.1, 0.15) is 49.1 Å². The number of ether oxygens (including phenoxy) is 2. The van der Waals surface area contributed by atoms with E-state index in [4.69, 9.17) is 14.5 Å². The molecule has 0 saturated heterocycles. The highest BCUT2D eigenvalue weighted by atomic mass is 79.9. The fourth-order valence-corrected chi connectivity index (χ4v) is 6.54. The molecule has 0 saturated carbocycles. The van der Waals surface area contributed by atoms with Gasteiger partial charge >= 0.3 is 5.97 Å². The van der Waals surface area contributed by atoms with Crippen molar-refractivity contribution in [3.8, 4) is 5.75 Å². The van der Waals surface area contributed by atoms with Crippen LogP contribution in [0.25, 0.3) is 6.08 Å². The predicted octanol–water partition coefficient (Wildman–Crippen LogP) is 6.56. The Labute approximate surface area is 261 Å². The summed E-state index contributed by atoms with van der Waals surface area (Å²) in [6.07, 6.45) is 3.53. The van der Waals surface area contributed by atoms with Crippen molar-refractivity contribution in [1.82, 2.24) is 4.57 Å². The minimum atomic E-state index is -0.662. The molecule has 0 amide bonds. The van der Waals surface area contributed by atoms with Crippen molar-refractivity contribution in [2.45, 2.75) is 51.3 Å². The van der Waals surface area contributed by atoms with Gasteiger partial charge in [-0.2, -0.15) is 0 Å². The molecule has 0 bridgehead atoms. The van der Waals surface area contributed by atoms with E-state index in [2.05, 4.69) is 35.0 Å². The van der Waals surface area contributed by atoms with E-state index in [-0.39, 0.29) is 11.7 Å². The molecule has 216 valence electrons. The Morgan fingerprint density at radius 3 is 2.48 bits per heavy atom. The second-order valence-electron chi connectivity index (χ2n) is 10.3. The van der Waals surface area contributed by atoms with Crippen molar-refractivity contribution in [3.63, 3.8) is 0 Å².